The van der Waals surface area contributed by atoms with Gasteiger partial charge in [0.2, 0.25) is 0 Å². The number of aliphatic imine (C=N–C) groups is 2. The van der Waals surface area contributed by atoms with Gasteiger partial charge in [0.1, 0.15) is 21.1 Å². The molecule has 4 heterocycles. The van der Waals surface area contributed by atoms with Crippen LogP contribution in [0.15, 0.2) is 9.98 Å². The van der Waals surface area contributed by atoms with E-state index in [0.717, 1.165) is 57.6 Å². The van der Waals surface area contributed by atoms with Gasteiger partial charge in [0.05, 0.1) is 26.3 Å². The molecule has 0 saturated heterocycles. The summed E-state index contributed by atoms with van der Waals surface area (Å²) in [6, 6.07) is 0. The second-order valence-electron chi connectivity index (χ2n) is 6.16. The van der Waals surface area contributed by atoms with Crippen molar-refractivity contribution in [1.82, 2.24) is 9.97 Å². The number of ether oxygens (including phenoxy) is 2. The number of carbonyl (C=O) groups is 2. The van der Waals surface area contributed by atoms with Gasteiger partial charge in [-0.2, -0.15) is 0 Å². The Hall–Kier alpha value is -2.16. The Bertz CT molecular complexity index is 995. The van der Waals surface area contributed by atoms with Crippen LogP contribution in [0.4, 0.5) is 10.3 Å². The van der Waals surface area contributed by atoms with Gasteiger partial charge in [-0.25, -0.2) is 19.6 Å². The first-order valence-electron chi connectivity index (χ1n) is 9.83. The summed E-state index contributed by atoms with van der Waals surface area (Å²) in [5.41, 5.74) is 0.542. The van der Waals surface area contributed by atoms with Crippen molar-refractivity contribution >= 4 is 78.7 Å². The predicted octanol–water partition coefficient (Wildman–Crippen LogP) is 3.65. The maximum Gasteiger partial charge on any atom is 0.350 e. The van der Waals surface area contributed by atoms with Gasteiger partial charge in [0.25, 0.3) is 0 Å². The molecule has 0 unspecified atom stereocenters. The lowest BCUT2D eigenvalue weighted by atomic mass is 10.2. The van der Waals surface area contributed by atoms with Gasteiger partial charge in [0, 0.05) is 11.5 Å². The highest BCUT2D eigenvalue weighted by Crippen LogP contribution is 2.38. The molecule has 2 aromatic heterocycles. The standard InChI is InChI=1S/C18H20N6O4S4/c1-3-27-13(25)11-9(21-17(31-11)23-15-19-5-7-29-15)10-12(14(26)28-4-2)32-18(22-10)24-16-20-6-8-30-16/h3-8H2,1-2H3,(H,19,21,23)(H,20,22,24). The summed E-state index contributed by atoms with van der Waals surface area (Å²) in [7, 11) is 0. The summed E-state index contributed by atoms with van der Waals surface area (Å²) in [6.07, 6.45) is 0. The molecular weight excluding hydrogens is 493 g/mol. The second-order valence-corrected chi connectivity index (χ2v) is 10.3. The molecule has 2 aromatic rings. The minimum absolute atomic E-state index is 0.215. The highest BCUT2D eigenvalue weighted by atomic mass is 32.2. The molecular formula is C18H20N6O4S4. The van der Waals surface area contributed by atoms with Crippen molar-refractivity contribution in [2.24, 2.45) is 9.98 Å². The maximum atomic E-state index is 12.7. The zero-order valence-corrected chi connectivity index (χ0v) is 20.6. The van der Waals surface area contributed by atoms with Gasteiger partial charge >= 0.3 is 11.9 Å². The molecule has 0 atom stereocenters. The fourth-order valence-corrected chi connectivity index (χ4v) is 6.05. The molecule has 0 aliphatic carbocycles. The number of esters is 2. The number of aromatic nitrogens is 2. The number of thiazole rings is 2. The van der Waals surface area contributed by atoms with Crippen molar-refractivity contribution in [2.45, 2.75) is 13.8 Å². The maximum absolute atomic E-state index is 12.7. The smallest absolute Gasteiger partial charge is 0.350 e. The molecule has 2 N–H and O–H groups in total. The van der Waals surface area contributed by atoms with Crippen molar-refractivity contribution in [1.29, 1.82) is 0 Å². The molecule has 4 rings (SSSR count). The minimum Gasteiger partial charge on any atom is -0.462 e. The lowest BCUT2D eigenvalue weighted by Gasteiger charge is -2.03. The van der Waals surface area contributed by atoms with Gasteiger partial charge in [0.15, 0.2) is 20.6 Å². The Morgan fingerprint density at radius 3 is 1.59 bits per heavy atom. The van der Waals surface area contributed by atoms with Gasteiger partial charge < -0.3 is 20.1 Å². The van der Waals surface area contributed by atoms with E-state index in [1.807, 2.05) is 0 Å². The van der Waals surface area contributed by atoms with E-state index in [4.69, 9.17) is 9.47 Å². The topological polar surface area (TPSA) is 127 Å². The van der Waals surface area contributed by atoms with Crippen LogP contribution in [0, 0.1) is 0 Å². The van der Waals surface area contributed by atoms with Crippen LogP contribution >= 0.6 is 46.2 Å². The van der Waals surface area contributed by atoms with Crippen molar-refractivity contribution in [2.75, 3.05) is 48.4 Å². The van der Waals surface area contributed by atoms with Gasteiger partial charge in [-0.05, 0) is 13.8 Å². The van der Waals surface area contributed by atoms with Crippen LogP contribution in [0.5, 0.6) is 0 Å². The highest BCUT2D eigenvalue weighted by Gasteiger charge is 2.29. The SMILES string of the molecule is CCOC(=O)c1sc(NC2=NCCS2)nc1-c1nc(NC2=NCCS2)sc1C(=O)OCC. The molecule has 170 valence electrons. The summed E-state index contributed by atoms with van der Waals surface area (Å²) in [5.74, 6) is 0.729. The number of carbonyl (C=O) groups excluding carboxylic acids is 2. The van der Waals surface area contributed by atoms with Gasteiger partial charge in [-0.3, -0.25) is 9.98 Å². The van der Waals surface area contributed by atoms with Crippen LogP contribution in [0.25, 0.3) is 11.4 Å². The molecule has 0 saturated carbocycles. The van der Waals surface area contributed by atoms with Gasteiger partial charge in [-0.15, -0.1) is 0 Å². The van der Waals surface area contributed by atoms with E-state index in [9.17, 15) is 9.59 Å². The monoisotopic (exact) mass is 512 g/mol. The summed E-state index contributed by atoms with van der Waals surface area (Å²) in [4.78, 5) is 43.8. The minimum atomic E-state index is -0.526. The Labute approximate surface area is 200 Å². The molecule has 0 bridgehead atoms. The first-order chi connectivity index (χ1) is 15.6. The third kappa shape index (κ3) is 5.24. The lowest BCUT2D eigenvalue weighted by molar-refractivity contribution is 0.0520. The molecule has 2 aliphatic rings. The van der Waals surface area contributed by atoms with E-state index in [1.54, 1.807) is 37.4 Å². The number of thioether (sulfide) groups is 2. The van der Waals surface area contributed by atoms with Gasteiger partial charge in [-0.1, -0.05) is 46.2 Å². The average molecular weight is 513 g/mol. The van der Waals surface area contributed by atoms with Crippen LogP contribution in [-0.4, -0.2) is 70.1 Å². The van der Waals surface area contributed by atoms with E-state index < -0.39 is 11.9 Å². The van der Waals surface area contributed by atoms with E-state index in [0.29, 0.717) is 10.3 Å². The van der Waals surface area contributed by atoms with E-state index >= 15 is 0 Å². The van der Waals surface area contributed by atoms with Crippen molar-refractivity contribution in [3.05, 3.63) is 9.75 Å². The van der Waals surface area contributed by atoms with E-state index in [1.165, 1.54) is 0 Å². The first kappa shape index (κ1) is 23.0. The molecule has 32 heavy (non-hydrogen) atoms. The molecule has 0 fully saturated rings. The largest absolute Gasteiger partial charge is 0.462 e. The Morgan fingerprint density at radius 2 is 1.25 bits per heavy atom. The summed E-state index contributed by atoms with van der Waals surface area (Å²) >= 11 is 5.44. The van der Waals surface area contributed by atoms with Crippen LogP contribution in [0.1, 0.15) is 33.2 Å². The molecule has 0 amide bonds. The quantitative estimate of drug-likeness (QED) is 0.531. The Morgan fingerprint density at radius 1 is 0.812 bits per heavy atom. The normalized spacial score (nSPS) is 15.3. The predicted molar refractivity (Wildman–Crippen MR) is 132 cm³/mol. The van der Waals surface area contributed by atoms with Crippen LogP contribution in [0.3, 0.4) is 0 Å². The number of hydrogen-bond acceptors (Lipinski definition) is 14. The number of hydrogen-bond donors (Lipinski definition) is 2. The molecule has 14 heteroatoms. The third-order valence-electron chi connectivity index (χ3n) is 4.00. The van der Waals surface area contributed by atoms with Crippen molar-refractivity contribution in [3.63, 3.8) is 0 Å². The van der Waals surface area contributed by atoms with Crippen molar-refractivity contribution < 1.29 is 19.1 Å². The van der Waals surface area contributed by atoms with Crippen LogP contribution < -0.4 is 10.6 Å². The lowest BCUT2D eigenvalue weighted by Crippen LogP contribution is -2.07. The second kappa shape index (κ2) is 10.6. The Balaban J connectivity index is 1.74. The Kier molecular flexibility index (Phi) is 7.65. The summed E-state index contributed by atoms with van der Waals surface area (Å²) in [6.45, 7) is 5.35. The fraction of sp³-hybridized carbons (Fsp3) is 0.444. The molecule has 10 nitrogen and oxygen atoms in total. The molecule has 0 radical (unpaired) electrons. The zero-order valence-electron chi connectivity index (χ0n) is 17.3. The third-order valence-corrected chi connectivity index (χ3v) is 7.68. The number of amidine groups is 2. The number of nitrogens with zero attached hydrogens (tertiary/aromatic N) is 4. The molecule has 0 spiro atoms. The fourth-order valence-electron chi connectivity index (χ4n) is 2.74. The van der Waals surface area contributed by atoms with Crippen LogP contribution in [-0.2, 0) is 9.47 Å². The number of anilines is 2. The first-order valence-corrected chi connectivity index (χ1v) is 13.4. The average Bonchev–Trinajstić information content (AvgIpc) is 3.56. The number of rotatable bonds is 7. The molecule has 2 aliphatic heterocycles. The summed E-state index contributed by atoms with van der Waals surface area (Å²) < 4.78 is 10.5. The van der Waals surface area contributed by atoms with E-state index in [2.05, 4.69) is 30.6 Å². The highest BCUT2D eigenvalue weighted by molar-refractivity contribution is 8.14. The van der Waals surface area contributed by atoms with Crippen molar-refractivity contribution in [3.8, 4) is 11.4 Å². The zero-order chi connectivity index (χ0) is 22.5. The summed E-state index contributed by atoms with van der Waals surface area (Å²) in [5, 5.41) is 8.71. The molecule has 0 aromatic carbocycles. The van der Waals surface area contributed by atoms with Crippen LogP contribution in [0.2, 0.25) is 0 Å². The van der Waals surface area contributed by atoms with E-state index in [-0.39, 0.29) is 34.4 Å². The number of nitrogens with one attached hydrogen (secondary N) is 2.